The molecule has 4 nitrogen and oxygen atoms in total. The molecule has 0 spiro atoms. The van der Waals surface area contributed by atoms with Crippen LogP contribution < -0.4 is 5.32 Å². The van der Waals surface area contributed by atoms with Gasteiger partial charge >= 0.3 is 6.03 Å². The molecular formula is C16H28N2O2. The number of hydrogen-bond acceptors (Lipinski definition) is 2. The first-order valence-corrected chi connectivity index (χ1v) is 8.35. The lowest BCUT2D eigenvalue weighted by Gasteiger charge is -2.40. The number of fused-ring (bicyclic) bond motifs is 1. The highest BCUT2D eigenvalue weighted by molar-refractivity contribution is 5.74. The smallest absolute Gasteiger partial charge is 0.317 e. The minimum atomic E-state index is 0.0970. The van der Waals surface area contributed by atoms with Crippen molar-refractivity contribution >= 4 is 6.03 Å². The average molecular weight is 280 g/mol. The molecule has 2 saturated carbocycles. The standard InChI is InChI=1S/C16H28N2O2/c1-18(15-8-9-20-11-15)16(19)17-14-7-6-12-4-2-3-5-13(12)10-14/h12-15H,2-11H2,1H3,(H,17,19). The zero-order valence-electron chi connectivity index (χ0n) is 12.6. The van der Waals surface area contributed by atoms with Crippen LogP contribution in [-0.4, -0.2) is 43.3 Å². The lowest BCUT2D eigenvalue weighted by atomic mass is 9.69. The van der Waals surface area contributed by atoms with Crippen LogP contribution in [-0.2, 0) is 4.74 Å². The van der Waals surface area contributed by atoms with E-state index in [4.69, 9.17) is 4.74 Å². The quantitative estimate of drug-likeness (QED) is 0.845. The second-order valence-corrected chi connectivity index (χ2v) is 6.89. The molecule has 1 heterocycles. The molecule has 0 bridgehead atoms. The highest BCUT2D eigenvalue weighted by atomic mass is 16.5. The van der Waals surface area contributed by atoms with E-state index in [2.05, 4.69) is 5.32 Å². The number of urea groups is 1. The highest BCUT2D eigenvalue weighted by Crippen LogP contribution is 2.40. The van der Waals surface area contributed by atoms with Gasteiger partial charge < -0.3 is 15.0 Å². The molecule has 0 aromatic heterocycles. The lowest BCUT2D eigenvalue weighted by molar-refractivity contribution is 0.131. The van der Waals surface area contributed by atoms with Gasteiger partial charge in [-0.1, -0.05) is 25.7 Å². The number of carbonyl (C=O) groups is 1. The van der Waals surface area contributed by atoms with E-state index in [0.29, 0.717) is 12.6 Å². The van der Waals surface area contributed by atoms with Crippen LogP contribution in [0.2, 0.25) is 0 Å². The van der Waals surface area contributed by atoms with Gasteiger partial charge in [0.15, 0.2) is 0 Å². The molecule has 114 valence electrons. The predicted octanol–water partition coefficient (Wildman–Crippen LogP) is 2.78. The van der Waals surface area contributed by atoms with Gasteiger partial charge in [0.05, 0.1) is 12.6 Å². The fourth-order valence-electron chi connectivity index (χ4n) is 4.27. The van der Waals surface area contributed by atoms with Crippen molar-refractivity contribution < 1.29 is 9.53 Å². The summed E-state index contributed by atoms with van der Waals surface area (Å²) in [4.78, 5) is 14.2. The van der Waals surface area contributed by atoms with Crippen molar-refractivity contribution in [3.05, 3.63) is 0 Å². The van der Waals surface area contributed by atoms with Gasteiger partial charge in [-0.2, -0.15) is 0 Å². The maximum atomic E-state index is 12.3. The summed E-state index contributed by atoms with van der Waals surface area (Å²) in [5.41, 5.74) is 0. The molecule has 1 saturated heterocycles. The summed E-state index contributed by atoms with van der Waals surface area (Å²) in [5, 5.41) is 3.26. The molecule has 3 aliphatic rings. The summed E-state index contributed by atoms with van der Waals surface area (Å²) in [6.07, 6.45) is 10.3. The number of carbonyl (C=O) groups excluding carboxylic acids is 1. The van der Waals surface area contributed by atoms with Crippen molar-refractivity contribution in [1.82, 2.24) is 10.2 Å². The molecule has 1 aliphatic heterocycles. The minimum absolute atomic E-state index is 0.0970. The van der Waals surface area contributed by atoms with Crippen molar-refractivity contribution in [3.8, 4) is 0 Å². The van der Waals surface area contributed by atoms with E-state index >= 15 is 0 Å². The average Bonchev–Trinajstić information content (AvgIpc) is 3.00. The molecule has 0 aromatic carbocycles. The van der Waals surface area contributed by atoms with Gasteiger partial charge in [-0.3, -0.25) is 0 Å². The Kier molecular flexibility index (Phi) is 4.49. The zero-order valence-corrected chi connectivity index (χ0v) is 12.6. The van der Waals surface area contributed by atoms with Gasteiger partial charge in [-0.05, 0) is 37.5 Å². The number of ether oxygens (including phenoxy) is 1. The maximum absolute atomic E-state index is 12.3. The summed E-state index contributed by atoms with van der Waals surface area (Å²) >= 11 is 0. The van der Waals surface area contributed by atoms with E-state index in [0.717, 1.165) is 24.9 Å². The highest BCUT2D eigenvalue weighted by Gasteiger charge is 2.33. The van der Waals surface area contributed by atoms with Crippen molar-refractivity contribution in [2.24, 2.45) is 11.8 Å². The Labute approximate surface area is 122 Å². The Morgan fingerprint density at radius 2 is 1.90 bits per heavy atom. The first-order chi connectivity index (χ1) is 9.74. The Hall–Kier alpha value is -0.770. The number of likely N-dealkylation sites (N-methyl/N-ethyl adjacent to an activating group) is 1. The second kappa shape index (κ2) is 6.33. The van der Waals surface area contributed by atoms with E-state index in [1.165, 1.54) is 44.9 Å². The van der Waals surface area contributed by atoms with Crippen LogP contribution in [0.1, 0.15) is 51.4 Å². The van der Waals surface area contributed by atoms with Gasteiger partial charge in [0, 0.05) is 19.7 Å². The molecule has 4 heteroatoms. The van der Waals surface area contributed by atoms with Crippen molar-refractivity contribution in [3.63, 3.8) is 0 Å². The number of nitrogens with one attached hydrogen (secondary N) is 1. The molecule has 3 rings (SSSR count). The van der Waals surface area contributed by atoms with Crippen LogP contribution >= 0.6 is 0 Å². The maximum Gasteiger partial charge on any atom is 0.317 e. The summed E-state index contributed by atoms with van der Waals surface area (Å²) in [6.45, 7) is 1.48. The fourth-order valence-corrected chi connectivity index (χ4v) is 4.27. The number of amides is 2. The van der Waals surface area contributed by atoms with Gasteiger partial charge in [-0.15, -0.1) is 0 Å². The predicted molar refractivity (Wildman–Crippen MR) is 78.6 cm³/mol. The third kappa shape index (κ3) is 3.11. The molecule has 4 atom stereocenters. The van der Waals surface area contributed by atoms with E-state index in [1.54, 1.807) is 0 Å². The summed E-state index contributed by atoms with van der Waals surface area (Å²) in [7, 11) is 1.90. The first kappa shape index (κ1) is 14.2. The lowest BCUT2D eigenvalue weighted by Crippen LogP contribution is -2.49. The van der Waals surface area contributed by atoms with Gasteiger partial charge in [0.25, 0.3) is 0 Å². The van der Waals surface area contributed by atoms with E-state index in [9.17, 15) is 4.79 Å². The zero-order chi connectivity index (χ0) is 13.9. The third-order valence-corrected chi connectivity index (χ3v) is 5.64. The Morgan fingerprint density at radius 3 is 2.65 bits per heavy atom. The Bertz CT molecular complexity index is 341. The Balaban J connectivity index is 1.48. The molecule has 1 N–H and O–H groups in total. The molecular weight excluding hydrogens is 252 g/mol. The monoisotopic (exact) mass is 280 g/mol. The van der Waals surface area contributed by atoms with Crippen LogP contribution in [0.3, 0.4) is 0 Å². The molecule has 0 radical (unpaired) electrons. The molecule has 0 aromatic rings. The normalized spacial score (nSPS) is 37.2. The van der Waals surface area contributed by atoms with Crippen molar-refractivity contribution in [1.29, 1.82) is 0 Å². The fraction of sp³-hybridized carbons (Fsp3) is 0.938. The van der Waals surface area contributed by atoms with Crippen LogP contribution in [0.4, 0.5) is 4.79 Å². The molecule has 2 amide bonds. The largest absolute Gasteiger partial charge is 0.379 e. The van der Waals surface area contributed by atoms with Crippen molar-refractivity contribution in [2.45, 2.75) is 63.5 Å². The number of hydrogen-bond donors (Lipinski definition) is 1. The molecule has 4 unspecified atom stereocenters. The van der Waals surface area contributed by atoms with E-state index in [-0.39, 0.29) is 12.1 Å². The molecule has 3 fully saturated rings. The summed E-state index contributed by atoms with van der Waals surface area (Å²) < 4.78 is 5.37. The summed E-state index contributed by atoms with van der Waals surface area (Å²) in [6, 6.07) is 0.757. The third-order valence-electron chi connectivity index (χ3n) is 5.64. The SMILES string of the molecule is CN(C(=O)NC1CCC2CCCCC2C1)C1CCOC1. The van der Waals surface area contributed by atoms with E-state index in [1.807, 2.05) is 11.9 Å². The minimum Gasteiger partial charge on any atom is -0.379 e. The van der Waals surface area contributed by atoms with Crippen LogP contribution in [0.25, 0.3) is 0 Å². The van der Waals surface area contributed by atoms with Gasteiger partial charge in [-0.25, -0.2) is 4.79 Å². The molecule has 20 heavy (non-hydrogen) atoms. The molecule has 2 aliphatic carbocycles. The van der Waals surface area contributed by atoms with Gasteiger partial charge in [0.1, 0.15) is 0 Å². The Morgan fingerprint density at radius 1 is 1.10 bits per heavy atom. The van der Waals surface area contributed by atoms with Crippen molar-refractivity contribution in [2.75, 3.05) is 20.3 Å². The second-order valence-electron chi connectivity index (χ2n) is 6.89. The number of nitrogens with zero attached hydrogens (tertiary/aromatic N) is 1. The number of rotatable bonds is 2. The topological polar surface area (TPSA) is 41.6 Å². The van der Waals surface area contributed by atoms with Crippen LogP contribution in [0, 0.1) is 11.8 Å². The van der Waals surface area contributed by atoms with Crippen LogP contribution in [0.15, 0.2) is 0 Å². The van der Waals surface area contributed by atoms with Crippen LogP contribution in [0.5, 0.6) is 0 Å². The summed E-state index contributed by atoms with van der Waals surface area (Å²) in [5.74, 6) is 1.81. The van der Waals surface area contributed by atoms with E-state index < -0.39 is 0 Å². The first-order valence-electron chi connectivity index (χ1n) is 8.35. The van der Waals surface area contributed by atoms with Gasteiger partial charge in [0.2, 0.25) is 0 Å².